The molecule has 0 saturated carbocycles. The zero-order valence-electron chi connectivity index (χ0n) is 9.60. The van der Waals surface area contributed by atoms with E-state index in [1.54, 1.807) is 6.07 Å². The van der Waals surface area contributed by atoms with E-state index in [1.165, 1.54) is 0 Å². The first-order valence-corrected chi connectivity index (χ1v) is 5.40. The fraction of sp³-hybridized carbons (Fsp3) is 0.0714. The minimum Gasteiger partial charge on any atom is -0.388 e. The molecule has 17 heavy (non-hydrogen) atoms. The first-order valence-electron chi connectivity index (χ1n) is 5.40. The van der Waals surface area contributed by atoms with Gasteiger partial charge in [-0.2, -0.15) is 0 Å². The number of hydrogen-bond donors (Lipinski definition) is 2. The van der Waals surface area contributed by atoms with Crippen LogP contribution in [0.25, 0.3) is 11.1 Å². The molecule has 0 aliphatic heterocycles. The number of nitrogens with one attached hydrogen (secondary N) is 1. The summed E-state index contributed by atoms with van der Waals surface area (Å²) in [5.74, 6) is -0.416. The van der Waals surface area contributed by atoms with Gasteiger partial charge in [0.15, 0.2) is 0 Å². The highest BCUT2D eigenvalue weighted by atomic mass is 16.1. The van der Waals surface area contributed by atoms with E-state index in [1.807, 2.05) is 49.5 Å². The summed E-state index contributed by atoms with van der Waals surface area (Å²) in [6.07, 6.45) is 0. The van der Waals surface area contributed by atoms with Crippen LogP contribution in [0.5, 0.6) is 0 Å². The second kappa shape index (κ2) is 4.70. The molecule has 3 heteroatoms. The third kappa shape index (κ3) is 2.13. The average Bonchev–Trinajstić information content (AvgIpc) is 2.38. The van der Waals surface area contributed by atoms with E-state index in [0.717, 1.165) is 16.8 Å². The molecule has 86 valence electrons. The molecule has 3 N–H and O–H groups in total. The summed E-state index contributed by atoms with van der Waals surface area (Å²) in [5, 5.41) is 3.08. The van der Waals surface area contributed by atoms with Crippen LogP contribution in [0.4, 0.5) is 5.69 Å². The number of hydrogen-bond acceptors (Lipinski definition) is 2. The first-order chi connectivity index (χ1) is 8.24. The van der Waals surface area contributed by atoms with E-state index in [0.29, 0.717) is 5.56 Å². The van der Waals surface area contributed by atoms with Gasteiger partial charge in [-0.1, -0.05) is 36.4 Å². The Kier molecular flexibility index (Phi) is 3.10. The van der Waals surface area contributed by atoms with Crippen LogP contribution in [0, 0.1) is 0 Å². The van der Waals surface area contributed by atoms with Crippen LogP contribution in [-0.2, 0) is 0 Å². The molecule has 0 unspecified atom stereocenters. The molecule has 0 aliphatic rings. The van der Waals surface area contributed by atoms with Gasteiger partial charge in [-0.25, -0.2) is 0 Å². The van der Waals surface area contributed by atoms with Crippen molar-refractivity contribution in [2.75, 3.05) is 12.4 Å². The maximum Gasteiger partial charge on any atom is 0.249 e. The van der Waals surface area contributed by atoms with Crippen LogP contribution in [0.2, 0.25) is 0 Å². The monoisotopic (exact) mass is 226 g/mol. The van der Waals surface area contributed by atoms with Gasteiger partial charge in [0.05, 0.1) is 0 Å². The molecule has 0 spiro atoms. The quantitative estimate of drug-likeness (QED) is 0.844. The molecule has 0 bridgehead atoms. The zero-order valence-corrected chi connectivity index (χ0v) is 9.60. The van der Waals surface area contributed by atoms with Crippen molar-refractivity contribution >= 4 is 11.6 Å². The summed E-state index contributed by atoms with van der Waals surface area (Å²) in [7, 11) is 1.83. The van der Waals surface area contributed by atoms with Gasteiger partial charge >= 0.3 is 0 Å². The predicted molar refractivity (Wildman–Crippen MR) is 69.9 cm³/mol. The second-order valence-corrected chi connectivity index (χ2v) is 3.71. The molecule has 0 saturated heterocycles. The van der Waals surface area contributed by atoms with Crippen molar-refractivity contribution in [2.45, 2.75) is 0 Å². The van der Waals surface area contributed by atoms with Crippen molar-refractivity contribution in [1.82, 2.24) is 0 Å². The molecule has 2 aromatic carbocycles. The van der Waals surface area contributed by atoms with Gasteiger partial charge in [-0.3, -0.25) is 4.79 Å². The largest absolute Gasteiger partial charge is 0.388 e. The molecule has 0 aliphatic carbocycles. The fourth-order valence-corrected chi connectivity index (χ4v) is 1.88. The standard InChI is InChI=1S/C14H14N2O/c1-16-12-9-5-8-11(14(15)17)13(12)10-6-3-2-4-7-10/h2-9,16H,1H3,(H2,15,17). The molecule has 0 atom stereocenters. The Labute approximate surface area is 100 Å². The minimum atomic E-state index is -0.416. The summed E-state index contributed by atoms with van der Waals surface area (Å²) in [5.41, 5.74) is 8.66. The van der Waals surface area contributed by atoms with Gasteiger partial charge in [0.1, 0.15) is 0 Å². The average molecular weight is 226 g/mol. The van der Waals surface area contributed by atoms with E-state index < -0.39 is 5.91 Å². The van der Waals surface area contributed by atoms with Gasteiger partial charge in [0.25, 0.3) is 0 Å². The lowest BCUT2D eigenvalue weighted by molar-refractivity contribution is 0.100. The molecule has 0 fully saturated rings. The van der Waals surface area contributed by atoms with Crippen molar-refractivity contribution in [3.05, 3.63) is 54.1 Å². The highest BCUT2D eigenvalue weighted by Gasteiger charge is 2.13. The fourth-order valence-electron chi connectivity index (χ4n) is 1.88. The van der Waals surface area contributed by atoms with E-state index >= 15 is 0 Å². The number of nitrogens with two attached hydrogens (primary N) is 1. The Bertz CT molecular complexity index is 535. The summed E-state index contributed by atoms with van der Waals surface area (Å²) in [4.78, 5) is 11.5. The third-order valence-corrected chi connectivity index (χ3v) is 2.66. The Morgan fingerprint density at radius 1 is 1.06 bits per heavy atom. The molecule has 2 aromatic rings. The maximum atomic E-state index is 11.5. The van der Waals surface area contributed by atoms with E-state index in [4.69, 9.17) is 5.73 Å². The highest BCUT2D eigenvalue weighted by Crippen LogP contribution is 2.31. The van der Waals surface area contributed by atoms with Crippen molar-refractivity contribution in [1.29, 1.82) is 0 Å². The number of benzene rings is 2. The zero-order chi connectivity index (χ0) is 12.3. The van der Waals surface area contributed by atoms with Gasteiger partial charge in [-0.15, -0.1) is 0 Å². The Morgan fingerprint density at radius 3 is 2.35 bits per heavy atom. The summed E-state index contributed by atoms with van der Waals surface area (Å²) < 4.78 is 0. The Balaban J connectivity index is 2.69. The van der Waals surface area contributed by atoms with Crippen LogP contribution in [-0.4, -0.2) is 13.0 Å². The maximum absolute atomic E-state index is 11.5. The lowest BCUT2D eigenvalue weighted by atomic mass is 9.97. The van der Waals surface area contributed by atoms with E-state index in [2.05, 4.69) is 5.32 Å². The Morgan fingerprint density at radius 2 is 1.76 bits per heavy atom. The summed E-state index contributed by atoms with van der Waals surface area (Å²) in [6, 6.07) is 15.2. The van der Waals surface area contributed by atoms with E-state index in [9.17, 15) is 4.79 Å². The molecule has 0 radical (unpaired) electrons. The van der Waals surface area contributed by atoms with Crippen LogP contribution >= 0.6 is 0 Å². The number of amides is 1. The Hall–Kier alpha value is -2.29. The minimum absolute atomic E-state index is 0.416. The van der Waals surface area contributed by atoms with Crippen LogP contribution < -0.4 is 11.1 Å². The van der Waals surface area contributed by atoms with Gasteiger partial charge in [0, 0.05) is 23.9 Å². The van der Waals surface area contributed by atoms with Crippen molar-refractivity contribution < 1.29 is 4.79 Å². The normalized spacial score (nSPS) is 9.94. The SMILES string of the molecule is CNc1cccc(C(N)=O)c1-c1ccccc1. The summed E-state index contributed by atoms with van der Waals surface area (Å²) in [6.45, 7) is 0. The first kappa shape index (κ1) is 11.2. The number of carbonyl (C=O) groups is 1. The topological polar surface area (TPSA) is 55.1 Å². The number of carbonyl (C=O) groups excluding carboxylic acids is 1. The number of primary amides is 1. The second-order valence-electron chi connectivity index (χ2n) is 3.71. The molecule has 0 heterocycles. The van der Waals surface area contributed by atoms with Crippen molar-refractivity contribution in [3.63, 3.8) is 0 Å². The molecular formula is C14H14N2O. The van der Waals surface area contributed by atoms with Crippen LogP contribution in [0.1, 0.15) is 10.4 Å². The lowest BCUT2D eigenvalue weighted by Gasteiger charge is -2.12. The highest BCUT2D eigenvalue weighted by molar-refractivity contribution is 6.03. The molecule has 3 nitrogen and oxygen atoms in total. The summed E-state index contributed by atoms with van der Waals surface area (Å²) >= 11 is 0. The van der Waals surface area contributed by atoms with Gasteiger partial charge in [-0.05, 0) is 17.7 Å². The van der Waals surface area contributed by atoms with E-state index in [-0.39, 0.29) is 0 Å². The van der Waals surface area contributed by atoms with Crippen molar-refractivity contribution in [2.24, 2.45) is 5.73 Å². The molecule has 1 amide bonds. The molecular weight excluding hydrogens is 212 g/mol. The lowest BCUT2D eigenvalue weighted by Crippen LogP contribution is -2.13. The molecule has 2 rings (SSSR count). The predicted octanol–water partition coefficient (Wildman–Crippen LogP) is 2.49. The van der Waals surface area contributed by atoms with Gasteiger partial charge < -0.3 is 11.1 Å². The van der Waals surface area contributed by atoms with Gasteiger partial charge in [0.2, 0.25) is 5.91 Å². The van der Waals surface area contributed by atoms with Crippen molar-refractivity contribution in [3.8, 4) is 11.1 Å². The van der Waals surface area contributed by atoms with Crippen LogP contribution in [0.3, 0.4) is 0 Å². The smallest absolute Gasteiger partial charge is 0.249 e. The third-order valence-electron chi connectivity index (χ3n) is 2.66. The van der Waals surface area contributed by atoms with Crippen LogP contribution in [0.15, 0.2) is 48.5 Å². The molecule has 0 aromatic heterocycles. The number of anilines is 1. The number of rotatable bonds is 3.